The van der Waals surface area contributed by atoms with Gasteiger partial charge in [-0.1, -0.05) is 83.4 Å². The van der Waals surface area contributed by atoms with Gasteiger partial charge >= 0.3 is 0 Å². The molecule has 0 aromatic carbocycles. The Kier molecular flexibility index (Phi) is 6.13. The van der Waals surface area contributed by atoms with Gasteiger partial charge in [0.25, 0.3) is 0 Å². The third-order valence-electron chi connectivity index (χ3n) is 5.89. The second-order valence-corrected chi connectivity index (χ2v) is 13.6. The molecule has 0 saturated carbocycles. The van der Waals surface area contributed by atoms with E-state index in [0.717, 1.165) is 0 Å². The summed E-state index contributed by atoms with van der Waals surface area (Å²) in [5.74, 6) is 1.90. The van der Waals surface area contributed by atoms with Crippen LogP contribution in [0.2, 0.25) is 18.1 Å². The standard InChI is InChI=1S/C21H36OSi/c1-7-8-9-10-19(22-23(5,6)21(2,3)4)15-16-20-17-11-12-18(20)14-13-17/h11-20H,7-10H2,1-6H3/b16-15+. The highest BCUT2D eigenvalue weighted by molar-refractivity contribution is 6.74. The lowest BCUT2D eigenvalue weighted by atomic mass is 9.94. The molecule has 0 radical (unpaired) electrons. The predicted molar refractivity (Wildman–Crippen MR) is 104 cm³/mol. The van der Waals surface area contributed by atoms with Crippen LogP contribution in [-0.2, 0) is 4.43 Å². The van der Waals surface area contributed by atoms with Crippen LogP contribution in [0.3, 0.4) is 0 Å². The minimum atomic E-state index is -1.71. The summed E-state index contributed by atoms with van der Waals surface area (Å²) in [5, 5.41) is 0.277. The second kappa shape index (κ2) is 7.52. The summed E-state index contributed by atoms with van der Waals surface area (Å²) in [4.78, 5) is 0. The topological polar surface area (TPSA) is 9.23 Å². The molecule has 1 nitrogen and oxygen atoms in total. The lowest BCUT2D eigenvalue weighted by Gasteiger charge is -2.38. The highest BCUT2D eigenvalue weighted by atomic mass is 28.4. The summed E-state index contributed by atoms with van der Waals surface area (Å²) in [6, 6.07) is 0. The van der Waals surface area contributed by atoms with Crippen molar-refractivity contribution in [3.8, 4) is 0 Å². The van der Waals surface area contributed by atoms with Crippen molar-refractivity contribution in [2.24, 2.45) is 17.8 Å². The molecular weight excluding hydrogens is 296 g/mol. The average Bonchev–Trinajstić information content (AvgIpc) is 3.02. The van der Waals surface area contributed by atoms with Gasteiger partial charge in [-0.05, 0) is 30.5 Å². The van der Waals surface area contributed by atoms with E-state index in [4.69, 9.17) is 4.43 Å². The number of hydrogen-bond donors (Lipinski definition) is 0. The third-order valence-corrected chi connectivity index (χ3v) is 10.4. The van der Waals surface area contributed by atoms with Crippen molar-refractivity contribution in [2.75, 3.05) is 0 Å². The van der Waals surface area contributed by atoms with Crippen LogP contribution in [0.25, 0.3) is 0 Å². The molecule has 2 aliphatic carbocycles. The van der Waals surface area contributed by atoms with Crippen LogP contribution in [0.5, 0.6) is 0 Å². The molecule has 0 spiro atoms. The Morgan fingerprint density at radius 3 is 2.09 bits per heavy atom. The van der Waals surface area contributed by atoms with E-state index in [1.54, 1.807) is 0 Å². The molecule has 0 fully saturated rings. The highest BCUT2D eigenvalue weighted by Crippen LogP contribution is 2.41. The molecule has 0 saturated heterocycles. The van der Waals surface area contributed by atoms with Gasteiger partial charge in [-0.25, -0.2) is 0 Å². The van der Waals surface area contributed by atoms with Crippen LogP contribution in [-0.4, -0.2) is 14.4 Å². The first-order valence-electron chi connectivity index (χ1n) is 9.47. The Hall–Kier alpha value is -0.603. The van der Waals surface area contributed by atoms with Gasteiger partial charge in [-0.3, -0.25) is 0 Å². The van der Waals surface area contributed by atoms with E-state index in [0.29, 0.717) is 23.9 Å². The summed E-state index contributed by atoms with van der Waals surface area (Å²) in [6.07, 6.45) is 19.6. The fraction of sp³-hybridized carbons (Fsp3) is 0.714. The van der Waals surface area contributed by atoms with Crippen molar-refractivity contribution >= 4 is 8.32 Å². The number of fused-ring (bicyclic) bond motifs is 2. The molecule has 0 aromatic rings. The van der Waals surface area contributed by atoms with E-state index < -0.39 is 8.32 Å². The van der Waals surface area contributed by atoms with Crippen molar-refractivity contribution in [1.29, 1.82) is 0 Å². The Bertz CT molecular complexity index is 437. The maximum absolute atomic E-state index is 6.71. The van der Waals surface area contributed by atoms with Crippen LogP contribution in [0.1, 0.15) is 53.4 Å². The summed E-state index contributed by atoms with van der Waals surface area (Å²) in [5.41, 5.74) is 0. The molecule has 0 aliphatic heterocycles. The Morgan fingerprint density at radius 2 is 1.61 bits per heavy atom. The zero-order valence-electron chi connectivity index (χ0n) is 16.0. The van der Waals surface area contributed by atoms with Crippen LogP contribution in [0, 0.1) is 17.8 Å². The molecule has 130 valence electrons. The van der Waals surface area contributed by atoms with Crippen LogP contribution in [0.15, 0.2) is 36.5 Å². The van der Waals surface area contributed by atoms with Gasteiger partial charge in [-0.15, -0.1) is 0 Å². The number of unbranched alkanes of at least 4 members (excludes halogenated alkanes) is 2. The zero-order chi connectivity index (χ0) is 17.1. The maximum Gasteiger partial charge on any atom is 0.192 e. The van der Waals surface area contributed by atoms with Crippen LogP contribution >= 0.6 is 0 Å². The van der Waals surface area contributed by atoms with Gasteiger partial charge in [0.15, 0.2) is 8.32 Å². The molecule has 2 rings (SSSR count). The molecule has 1 unspecified atom stereocenters. The van der Waals surface area contributed by atoms with Crippen molar-refractivity contribution in [3.63, 3.8) is 0 Å². The molecule has 0 amide bonds. The summed E-state index contributed by atoms with van der Waals surface area (Å²) in [7, 11) is -1.71. The molecule has 2 heteroatoms. The first kappa shape index (κ1) is 18.7. The molecule has 0 heterocycles. The minimum Gasteiger partial charge on any atom is -0.411 e. The van der Waals surface area contributed by atoms with E-state index in [-0.39, 0.29) is 5.04 Å². The summed E-state index contributed by atoms with van der Waals surface area (Å²) >= 11 is 0. The molecule has 0 N–H and O–H groups in total. The SMILES string of the molecule is CCCCCC(/C=C/C1C2C=CC1C=C2)O[Si](C)(C)C(C)(C)C. The van der Waals surface area contributed by atoms with E-state index in [1.807, 2.05) is 0 Å². The molecule has 23 heavy (non-hydrogen) atoms. The van der Waals surface area contributed by atoms with Gasteiger partial charge < -0.3 is 4.43 Å². The van der Waals surface area contributed by atoms with Gasteiger partial charge in [0.1, 0.15) is 0 Å². The predicted octanol–water partition coefficient (Wildman–Crippen LogP) is 6.50. The van der Waals surface area contributed by atoms with Gasteiger partial charge in [0.2, 0.25) is 0 Å². The number of rotatable bonds is 8. The Balaban J connectivity index is 1.99. The van der Waals surface area contributed by atoms with Crippen molar-refractivity contribution < 1.29 is 4.43 Å². The van der Waals surface area contributed by atoms with Gasteiger partial charge in [-0.2, -0.15) is 0 Å². The molecular formula is C21H36OSi. The summed E-state index contributed by atoms with van der Waals surface area (Å²) in [6.45, 7) is 14.0. The lowest BCUT2D eigenvalue weighted by molar-refractivity contribution is 0.210. The first-order chi connectivity index (χ1) is 10.7. The highest BCUT2D eigenvalue weighted by Gasteiger charge is 2.39. The van der Waals surface area contributed by atoms with Crippen LogP contribution in [0.4, 0.5) is 0 Å². The summed E-state index contributed by atoms with van der Waals surface area (Å²) < 4.78 is 6.71. The minimum absolute atomic E-state index is 0.277. The number of allylic oxidation sites excluding steroid dienone is 5. The van der Waals surface area contributed by atoms with Crippen LogP contribution < -0.4 is 0 Å². The normalized spacial score (nSPS) is 28.2. The Labute approximate surface area is 145 Å². The van der Waals surface area contributed by atoms with Crippen molar-refractivity contribution in [2.45, 2.75) is 77.6 Å². The molecule has 2 aliphatic rings. The fourth-order valence-electron chi connectivity index (χ4n) is 3.27. The monoisotopic (exact) mass is 332 g/mol. The van der Waals surface area contributed by atoms with Gasteiger partial charge in [0, 0.05) is 11.8 Å². The number of hydrogen-bond acceptors (Lipinski definition) is 1. The lowest BCUT2D eigenvalue weighted by Crippen LogP contribution is -2.43. The van der Waals surface area contributed by atoms with E-state index in [9.17, 15) is 0 Å². The Morgan fingerprint density at radius 1 is 1.04 bits per heavy atom. The first-order valence-corrected chi connectivity index (χ1v) is 12.4. The molecule has 2 bridgehead atoms. The van der Waals surface area contributed by atoms with Gasteiger partial charge in [0.05, 0.1) is 6.10 Å². The average molecular weight is 333 g/mol. The largest absolute Gasteiger partial charge is 0.411 e. The molecule has 1 atom stereocenters. The third kappa shape index (κ3) is 4.70. The zero-order valence-corrected chi connectivity index (χ0v) is 17.0. The van der Waals surface area contributed by atoms with Crippen molar-refractivity contribution in [1.82, 2.24) is 0 Å². The quantitative estimate of drug-likeness (QED) is 0.280. The van der Waals surface area contributed by atoms with Crippen molar-refractivity contribution in [3.05, 3.63) is 36.5 Å². The van der Waals surface area contributed by atoms with E-state index in [1.165, 1.54) is 25.7 Å². The van der Waals surface area contributed by atoms with E-state index >= 15 is 0 Å². The molecule has 0 aromatic heterocycles. The van der Waals surface area contributed by atoms with E-state index in [2.05, 4.69) is 77.2 Å². The fourth-order valence-corrected chi connectivity index (χ4v) is 4.57. The smallest absolute Gasteiger partial charge is 0.192 e. The second-order valence-electron chi connectivity index (χ2n) is 8.80. The maximum atomic E-state index is 6.71.